The maximum atomic E-state index is 5.72. The first-order valence-electron chi connectivity index (χ1n) is 12.5. The van der Waals surface area contributed by atoms with Crippen LogP contribution in [0.25, 0.3) is 32.6 Å². The molecule has 5 aromatic rings. The zero-order valence-electron chi connectivity index (χ0n) is 20.8. The Balaban J connectivity index is 0.000000147. The summed E-state index contributed by atoms with van der Waals surface area (Å²) >= 11 is 1.69. The first-order chi connectivity index (χ1) is 17.5. The van der Waals surface area contributed by atoms with Crippen LogP contribution in [0.4, 0.5) is 0 Å². The smallest absolute Gasteiger partial charge is 0.182 e. The van der Waals surface area contributed by atoms with E-state index in [4.69, 9.17) is 4.74 Å². The maximum absolute atomic E-state index is 5.72. The number of rotatable bonds is 3. The Morgan fingerprint density at radius 2 is 1.83 bits per heavy atom. The quantitative estimate of drug-likeness (QED) is 0.297. The predicted molar refractivity (Wildman–Crippen MR) is 141 cm³/mol. The zero-order valence-corrected chi connectivity index (χ0v) is 21.6. The minimum Gasteiger partial charge on any atom is -0.373 e. The van der Waals surface area contributed by atoms with E-state index in [2.05, 4.69) is 59.1 Å². The standard InChI is InChI=1S/C16H13N5S.C11H16N2O/c1-8-9(2)20-16-15(19-8)14(17-7-18-16)11-4-5-13-12(6-11)21-10(3)22-13;1-2-6-14-11(3-1)9-7-12-13(8-9)10-4-5-10/h4-7H,1-3H3;7-8,10-11H,1-6H2/t;11-/m.1/s1. The van der Waals surface area contributed by atoms with Gasteiger partial charge in [0.2, 0.25) is 0 Å². The molecule has 1 aliphatic carbocycles. The second-order valence-electron chi connectivity index (χ2n) is 9.54. The van der Waals surface area contributed by atoms with Crippen LogP contribution in [-0.2, 0) is 4.74 Å². The highest BCUT2D eigenvalue weighted by atomic mass is 32.1. The molecule has 2 fully saturated rings. The fraction of sp³-hybridized carbons (Fsp3) is 0.407. The zero-order chi connectivity index (χ0) is 24.6. The van der Waals surface area contributed by atoms with Crippen LogP contribution < -0.4 is 0 Å². The normalized spacial score (nSPS) is 17.8. The Morgan fingerprint density at radius 3 is 2.64 bits per heavy atom. The molecular formula is C27H29N7OS. The van der Waals surface area contributed by atoms with Crippen molar-refractivity contribution in [1.82, 2.24) is 34.7 Å². The lowest BCUT2D eigenvalue weighted by Crippen LogP contribution is -2.10. The Labute approximate surface area is 213 Å². The van der Waals surface area contributed by atoms with Crippen molar-refractivity contribution in [2.45, 2.75) is 65.0 Å². The first-order valence-corrected chi connectivity index (χ1v) is 13.4. The Hall–Kier alpha value is -3.30. The SMILES string of the molecule is Cc1nc2cc(-c3ncnc4nc(C)c(C)nc34)ccc2s1.c1nn(C2CC2)cc1[C@H]1CCCCO1. The highest BCUT2D eigenvalue weighted by Crippen LogP contribution is 2.36. The van der Waals surface area contributed by atoms with Gasteiger partial charge in [0.15, 0.2) is 5.65 Å². The molecule has 7 rings (SSSR count). The molecule has 1 saturated carbocycles. The lowest BCUT2D eigenvalue weighted by Gasteiger charge is -2.21. The molecule has 0 N–H and O–H groups in total. The Morgan fingerprint density at radius 1 is 0.972 bits per heavy atom. The molecule has 1 atom stereocenters. The first kappa shape index (κ1) is 23.1. The van der Waals surface area contributed by atoms with Crippen molar-refractivity contribution < 1.29 is 4.74 Å². The number of fused-ring (bicyclic) bond motifs is 2. The monoisotopic (exact) mass is 499 g/mol. The lowest BCUT2D eigenvalue weighted by atomic mass is 10.0. The molecule has 0 radical (unpaired) electrons. The molecular weight excluding hydrogens is 470 g/mol. The van der Waals surface area contributed by atoms with E-state index in [1.54, 1.807) is 11.3 Å². The highest BCUT2D eigenvalue weighted by molar-refractivity contribution is 7.18. The third-order valence-electron chi connectivity index (χ3n) is 6.74. The molecule has 0 spiro atoms. The van der Waals surface area contributed by atoms with Crippen LogP contribution in [-0.4, -0.2) is 41.3 Å². The molecule has 8 nitrogen and oxygen atoms in total. The average molecular weight is 500 g/mol. The summed E-state index contributed by atoms with van der Waals surface area (Å²) in [6.07, 6.45) is 12.3. The van der Waals surface area contributed by atoms with Crippen LogP contribution in [0.15, 0.2) is 36.9 Å². The van der Waals surface area contributed by atoms with Gasteiger partial charge in [-0.25, -0.2) is 24.9 Å². The number of nitrogens with zero attached hydrogens (tertiary/aromatic N) is 7. The van der Waals surface area contributed by atoms with Crippen molar-refractivity contribution in [3.8, 4) is 11.3 Å². The van der Waals surface area contributed by atoms with E-state index in [1.807, 2.05) is 27.0 Å². The average Bonchev–Trinajstić information content (AvgIpc) is 3.49. The minimum atomic E-state index is 0.316. The number of aryl methyl sites for hydroxylation is 3. The summed E-state index contributed by atoms with van der Waals surface area (Å²) in [4.78, 5) is 22.3. The van der Waals surface area contributed by atoms with E-state index >= 15 is 0 Å². The van der Waals surface area contributed by atoms with Crippen LogP contribution in [0.1, 0.15) is 66.2 Å². The van der Waals surface area contributed by atoms with Gasteiger partial charge in [0.05, 0.1) is 45.0 Å². The molecule has 5 heterocycles. The summed E-state index contributed by atoms with van der Waals surface area (Å²) in [6.45, 7) is 6.82. The van der Waals surface area contributed by atoms with E-state index in [1.165, 1.54) is 42.3 Å². The van der Waals surface area contributed by atoms with Gasteiger partial charge in [-0.3, -0.25) is 4.68 Å². The van der Waals surface area contributed by atoms with Crippen LogP contribution in [0.2, 0.25) is 0 Å². The van der Waals surface area contributed by atoms with Crippen molar-refractivity contribution >= 4 is 32.7 Å². The van der Waals surface area contributed by atoms with Gasteiger partial charge in [-0.1, -0.05) is 6.07 Å². The molecule has 4 aromatic heterocycles. The molecule has 36 heavy (non-hydrogen) atoms. The predicted octanol–water partition coefficient (Wildman–Crippen LogP) is 6.08. The van der Waals surface area contributed by atoms with Crippen molar-refractivity contribution in [2.75, 3.05) is 6.61 Å². The van der Waals surface area contributed by atoms with Crippen LogP contribution in [0, 0.1) is 20.8 Å². The molecule has 1 saturated heterocycles. The molecule has 2 aliphatic rings. The topological polar surface area (TPSA) is 91.5 Å². The van der Waals surface area contributed by atoms with Gasteiger partial charge in [0.25, 0.3) is 0 Å². The second kappa shape index (κ2) is 9.63. The number of hydrogen-bond acceptors (Lipinski definition) is 8. The molecule has 0 bridgehead atoms. The fourth-order valence-electron chi connectivity index (χ4n) is 4.51. The van der Waals surface area contributed by atoms with Crippen molar-refractivity contribution in [2.24, 2.45) is 0 Å². The number of aromatic nitrogens is 7. The van der Waals surface area contributed by atoms with Crippen molar-refractivity contribution in [3.05, 3.63) is 58.9 Å². The Kier molecular flexibility index (Phi) is 6.18. The summed E-state index contributed by atoms with van der Waals surface area (Å²) in [7, 11) is 0. The van der Waals surface area contributed by atoms with Gasteiger partial charge in [-0.05, 0) is 65.0 Å². The molecule has 0 amide bonds. The molecule has 184 valence electrons. The lowest BCUT2D eigenvalue weighted by molar-refractivity contribution is 0.0149. The van der Waals surface area contributed by atoms with Gasteiger partial charge in [0.1, 0.15) is 17.5 Å². The Bertz CT molecular complexity index is 1530. The molecule has 1 aromatic carbocycles. The van der Waals surface area contributed by atoms with Gasteiger partial charge >= 0.3 is 0 Å². The summed E-state index contributed by atoms with van der Waals surface area (Å²) in [5.74, 6) is 0. The van der Waals surface area contributed by atoms with Crippen LogP contribution in [0.3, 0.4) is 0 Å². The van der Waals surface area contributed by atoms with Gasteiger partial charge in [0, 0.05) is 23.9 Å². The van der Waals surface area contributed by atoms with Gasteiger partial charge in [-0.15, -0.1) is 11.3 Å². The second-order valence-corrected chi connectivity index (χ2v) is 10.8. The number of thiazole rings is 1. The van der Waals surface area contributed by atoms with Gasteiger partial charge in [-0.2, -0.15) is 5.10 Å². The van der Waals surface area contributed by atoms with Gasteiger partial charge < -0.3 is 4.74 Å². The number of hydrogen-bond donors (Lipinski definition) is 0. The summed E-state index contributed by atoms with van der Waals surface area (Å²) in [5.41, 5.74) is 7.20. The highest BCUT2D eigenvalue weighted by Gasteiger charge is 2.26. The number of benzene rings is 1. The van der Waals surface area contributed by atoms with E-state index in [0.29, 0.717) is 17.8 Å². The third-order valence-corrected chi connectivity index (χ3v) is 7.69. The largest absolute Gasteiger partial charge is 0.373 e. The summed E-state index contributed by atoms with van der Waals surface area (Å²) < 4.78 is 9.01. The molecule has 9 heteroatoms. The van der Waals surface area contributed by atoms with Crippen LogP contribution in [0.5, 0.6) is 0 Å². The summed E-state index contributed by atoms with van der Waals surface area (Å²) in [5, 5.41) is 5.45. The molecule has 0 unspecified atom stereocenters. The summed E-state index contributed by atoms with van der Waals surface area (Å²) in [6, 6.07) is 6.88. The van der Waals surface area contributed by atoms with E-state index < -0.39 is 0 Å². The molecule has 1 aliphatic heterocycles. The van der Waals surface area contributed by atoms with Crippen molar-refractivity contribution in [3.63, 3.8) is 0 Å². The minimum absolute atomic E-state index is 0.316. The van der Waals surface area contributed by atoms with E-state index in [-0.39, 0.29) is 0 Å². The van der Waals surface area contributed by atoms with E-state index in [9.17, 15) is 0 Å². The van der Waals surface area contributed by atoms with E-state index in [0.717, 1.165) is 51.7 Å². The van der Waals surface area contributed by atoms with Crippen molar-refractivity contribution in [1.29, 1.82) is 0 Å². The number of ether oxygens (including phenoxy) is 1. The third kappa shape index (κ3) is 4.73. The van der Waals surface area contributed by atoms with Crippen LogP contribution >= 0.6 is 11.3 Å². The fourth-order valence-corrected chi connectivity index (χ4v) is 5.31. The maximum Gasteiger partial charge on any atom is 0.182 e.